The third kappa shape index (κ3) is 4.00. The first-order valence-electron chi connectivity index (χ1n) is 8.62. The largest absolute Gasteiger partial charge is 0.312 e. The van der Waals surface area contributed by atoms with E-state index in [1.54, 1.807) is 12.7 Å². The second kappa shape index (κ2) is 7.57. The van der Waals surface area contributed by atoms with Crippen LogP contribution in [-0.2, 0) is 11.3 Å². The molecule has 6 nitrogen and oxygen atoms in total. The van der Waals surface area contributed by atoms with Gasteiger partial charge in [-0.2, -0.15) is 5.10 Å². The molecular weight excluding hydrogens is 302 g/mol. The summed E-state index contributed by atoms with van der Waals surface area (Å²) in [5.41, 5.74) is 2.24. The number of benzene rings is 1. The van der Waals surface area contributed by atoms with Gasteiger partial charge in [-0.3, -0.25) is 9.48 Å². The smallest absolute Gasteiger partial charge is 0.227 e. The number of aryl methyl sites for hydroxylation is 1. The second-order valence-electron chi connectivity index (χ2n) is 6.48. The number of carbonyl (C=O) groups excluding carboxylic acids is 1. The van der Waals surface area contributed by atoms with Gasteiger partial charge in [0.15, 0.2) is 0 Å². The first-order valence-corrected chi connectivity index (χ1v) is 8.62. The summed E-state index contributed by atoms with van der Waals surface area (Å²) in [6, 6.07) is 8.97. The van der Waals surface area contributed by atoms with Crippen molar-refractivity contribution in [1.29, 1.82) is 0 Å². The van der Waals surface area contributed by atoms with Gasteiger partial charge in [0.05, 0.1) is 0 Å². The van der Waals surface area contributed by atoms with Crippen LogP contribution < -0.4 is 10.2 Å². The molecule has 6 heteroatoms. The molecule has 0 saturated carbocycles. The molecule has 1 saturated heterocycles. The molecule has 2 atom stereocenters. The summed E-state index contributed by atoms with van der Waals surface area (Å²) >= 11 is 0. The van der Waals surface area contributed by atoms with Gasteiger partial charge in [0.2, 0.25) is 5.91 Å². The molecule has 3 rings (SSSR count). The minimum absolute atomic E-state index is 0.232. The van der Waals surface area contributed by atoms with Crippen LogP contribution in [0.1, 0.15) is 44.7 Å². The number of aromatic nitrogens is 3. The van der Waals surface area contributed by atoms with E-state index in [9.17, 15) is 4.79 Å². The molecule has 24 heavy (non-hydrogen) atoms. The van der Waals surface area contributed by atoms with Crippen molar-refractivity contribution in [3.63, 3.8) is 0 Å². The summed E-state index contributed by atoms with van der Waals surface area (Å²) in [5.74, 6) is 0.232. The average molecular weight is 327 g/mol. The van der Waals surface area contributed by atoms with E-state index in [1.807, 2.05) is 9.58 Å². The van der Waals surface area contributed by atoms with Crippen LogP contribution >= 0.6 is 0 Å². The molecule has 1 aliphatic rings. The Morgan fingerprint density at radius 2 is 2.04 bits per heavy atom. The summed E-state index contributed by atoms with van der Waals surface area (Å²) < 4.78 is 1.85. The molecule has 1 amide bonds. The molecule has 2 unspecified atom stereocenters. The van der Waals surface area contributed by atoms with Gasteiger partial charge in [-0.25, -0.2) is 4.98 Å². The molecule has 1 aliphatic heterocycles. The van der Waals surface area contributed by atoms with Crippen LogP contribution in [0.5, 0.6) is 0 Å². The Balaban J connectivity index is 1.52. The number of hydrogen-bond donors (Lipinski definition) is 1. The van der Waals surface area contributed by atoms with Gasteiger partial charge >= 0.3 is 0 Å². The van der Waals surface area contributed by atoms with E-state index in [2.05, 4.69) is 53.5 Å². The number of hydrogen-bond acceptors (Lipinski definition) is 4. The Kier molecular flexibility index (Phi) is 5.25. The van der Waals surface area contributed by atoms with Crippen LogP contribution in [-0.4, -0.2) is 33.3 Å². The lowest BCUT2D eigenvalue weighted by Crippen LogP contribution is -2.30. The van der Waals surface area contributed by atoms with Gasteiger partial charge in [0.25, 0.3) is 0 Å². The van der Waals surface area contributed by atoms with Gasteiger partial charge in [-0.05, 0) is 44.4 Å². The predicted molar refractivity (Wildman–Crippen MR) is 93.7 cm³/mol. The highest BCUT2D eigenvalue weighted by Gasteiger charge is 2.21. The fourth-order valence-electron chi connectivity index (χ4n) is 3.14. The lowest BCUT2D eigenvalue weighted by molar-refractivity contribution is -0.117. The van der Waals surface area contributed by atoms with Crippen LogP contribution in [0.25, 0.3) is 0 Å². The maximum absolute atomic E-state index is 11.8. The fraction of sp³-hybridized carbons (Fsp3) is 0.500. The van der Waals surface area contributed by atoms with Crippen molar-refractivity contribution in [3.05, 3.63) is 42.5 Å². The van der Waals surface area contributed by atoms with E-state index < -0.39 is 0 Å². The molecule has 1 aromatic heterocycles. The molecule has 0 aliphatic carbocycles. The molecule has 1 aromatic carbocycles. The highest BCUT2D eigenvalue weighted by molar-refractivity contribution is 5.95. The summed E-state index contributed by atoms with van der Waals surface area (Å²) in [5, 5.41) is 7.74. The molecule has 0 spiro atoms. The van der Waals surface area contributed by atoms with Gasteiger partial charge in [-0.15, -0.1) is 0 Å². The third-order valence-electron chi connectivity index (χ3n) is 4.57. The number of nitrogens with zero attached hydrogens (tertiary/aromatic N) is 4. The van der Waals surface area contributed by atoms with Crippen LogP contribution in [0.2, 0.25) is 0 Å². The summed E-state index contributed by atoms with van der Waals surface area (Å²) in [6.45, 7) is 6.05. The van der Waals surface area contributed by atoms with Crippen LogP contribution in [0.4, 0.5) is 5.69 Å². The minimum Gasteiger partial charge on any atom is -0.312 e. The Morgan fingerprint density at radius 3 is 2.67 bits per heavy atom. The van der Waals surface area contributed by atoms with Crippen LogP contribution in [0.3, 0.4) is 0 Å². The predicted octanol–water partition coefficient (Wildman–Crippen LogP) is 2.53. The van der Waals surface area contributed by atoms with Crippen molar-refractivity contribution in [1.82, 2.24) is 20.1 Å². The molecule has 0 radical (unpaired) electrons. The quantitative estimate of drug-likeness (QED) is 0.849. The van der Waals surface area contributed by atoms with Crippen molar-refractivity contribution in [2.45, 2.75) is 51.7 Å². The Labute approximate surface area is 142 Å². The minimum atomic E-state index is 0.232. The maximum Gasteiger partial charge on any atom is 0.227 e. The number of nitrogens with one attached hydrogen (secondary N) is 1. The number of amides is 1. The van der Waals surface area contributed by atoms with Crippen molar-refractivity contribution < 1.29 is 4.79 Å². The number of anilines is 1. The van der Waals surface area contributed by atoms with E-state index in [1.165, 1.54) is 5.56 Å². The lowest BCUT2D eigenvalue weighted by atomic mass is 10.1. The van der Waals surface area contributed by atoms with Crippen molar-refractivity contribution in [3.8, 4) is 0 Å². The molecular formula is C18H25N5O. The monoisotopic (exact) mass is 327 g/mol. The van der Waals surface area contributed by atoms with Gasteiger partial charge in [0, 0.05) is 37.3 Å². The van der Waals surface area contributed by atoms with E-state index in [4.69, 9.17) is 0 Å². The SMILES string of the molecule is CC(CCn1cncn1)NC(C)c1ccc(N2CCCC2=O)cc1. The lowest BCUT2D eigenvalue weighted by Gasteiger charge is -2.21. The van der Waals surface area contributed by atoms with Crippen LogP contribution in [0.15, 0.2) is 36.9 Å². The fourth-order valence-corrected chi connectivity index (χ4v) is 3.14. The molecule has 1 N–H and O–H groups in total. The molecule has 2 heterocycles. The normalized spacial score (nSPS) is 17.2. The van der Waals surface area contributed by atoms with Gasteiger partial charge in [0.1, 0.15) is 12.7 Å². The zero-order chi connectivity index (χ0) is 16.9. The van der Waals surface area contributed by atoms with Crippen LogP contribution in [0, 0.1) is 0 Å². The Hall–Kier alpha value is -2.21. The zero-order valence-electron chi connectivity index (χ0n) is 14.4. The maximum atomic E-state index is 11.8. The first kappa shape index (κ1) is 16.6. The Morgan fingerprint density at radius 1 is 1.25 bits per heavy atom. The summed E-state index contributed by atoms with van der Waals surface area (Å²) in [7, 11) is 0. The molecule has 0 bridgehead atoms. The second-order valence-corrected chi connectivity index (χ2v) is 6.48. The van der Waals surface area contributed by atoms with Crippen molar-refractivity contribution in [2.75, 3.05) is 11.4 Å². The number of rotatable bonds is 7. The standard InChI is InChI=1S/C18H25N5O/c1-14(9-11-22-13-19-12-20-22)21-15(2)16-5-7-17(8-6-16)23-10-3-4-18(23)24/h5-8,12-15,21H,3-4,9-11H2,1-2H3. The van der Waals surface area contributed by atoms with E-state index in [-0.39, 0.29) is 11.9 Å². The summed E-state index contributed by atoms with van der Waals surface area (Å²) in [6.07, 6.45) is 5.93. The van der Waals surface area contributed by atoms with Gasteiger partial charge in [-0.1, -0.05) is 12.1 Å². The zero-order valence-corrected chi connectivity index (χ0v) is 14.4. The van der Waals surface area contributed by atoms with Crippen molar-refractivity contribution >= 4 is 11.6 Å². The van der Waals surface area contributed by atoms with E-state index in [0.717, 1.165) is 31.6 Å². The highest BCUT2D eigenvalue weighted by Crippen LogP contribution is 2.23. The van der Waals surface area contributed by atoms with Gasteiger partial charge < -0.3 is 10.2 Å². The molecule has 128 valence electrons. The number of carbonyl (C=O) groups is 1. The first-order chi connectivity index (χ1) is 11.6. The van der Waals surface area contributed by atoms with E-state index in [0.29, 0.717) is 12.5 Å². The molecule has 2 aromatic rings. The highest BCUT2D eigenvalue weighted by atomic mass is 16.2. The van der Waals surface area contributed by atoms with Crippen molar-refractivity contribution in [2.24, 2.45) is 0 Å². The Bertz CT molecular complexity index is 653. The molecule has 1 fully saturated rings. The topological polar surface area (TPSA) is 63.1 Å². The third-order valence-corrected chi connectivity index (χ3v) is 4.57. The van der Waals surface area contributed by atoms with E-state index >= 15 is 0 Å². The summed E-state index contributed by atoms with van der Waals surface area (Å²) in [4.78, 5) is 17.6. The average Bonchev–Trinajstić information content (AvgIpc) is 3.24.